The average molecular weight is 588 g/mol. The van der Waals surface area contributed by atoms with E-state index in [-0.39, 0.29) is 23.6 Å². The first-order valence-corrected chi connectivity index (χ1v) is 14.4. The molecule has 0 aliphatic carbocycles. The molecule has 0 aliphatic rings. The first-order valence-electron chi connectivity index (χ1n) is 12.1. The van der Waals surface area contributed by atoms with E-state index in [1.165, 1.54) is 11.8 Å². The van der Waals surface area contributed by atoms with Crippen LogP contribution in [0.1, 0.15) is 37.0 Å². The standard InChI is InChI=1S/C29H32BrClN2O2S/c1-3-21(2)32-29(35)27(17-22-9-5-4-6-10-22)33(18-23-13-15-25(30)16-14-23)28(34)20-36-19-24-11-7-8-12-26(24)31/h4-16,21,27H,3,17-20H2,1-2H3,(H,32,35)/t21-,27-/m0/s1. The van der Waals surface area contributed by atoms with Gasteiger partial charge in [0.15, 0.2) is 0 Å². The Morgan fingerprint density at radius 1 is 0.972 bits per heavy atom. The van der Waals surface area contributed by atoms with Crippen LogP contribution in [0.15, 0.2) is 83.3 Å². The Labute approximate surface area is 231 Å². The van der Waals surface area contributed by atoms with Gasteiger partial charge in [0, 0.05) is 34.3 Å². The second-order valence-corrected chi connectivity index (χ2v) is 11.1. The molecular weight excluding hydrogens is 556 g/mol. The number of benzene rings is 3. The van der Waals surface area contributed by atoms with E-state index in [4.69, 9.17) is 11.6 Å². The van der Waals surface area contributed by atoms with Gasteiger partial charge in [-0.05, 0) is 48.2 Å². The molecule has 3 aromatic rings. The fourth-order valence-corrected chi connectivity index (χ4v) is 5.19. The van der Waals surface area contributed by atoms with E-state index < -0.39 is 6.04 Å². The molecule has 3 aromatic carbocycles. The van der Waals surface area contributed by atoms with Crippen molar-refractivity contribution in [2.24, 2.45) is 0 Å². The minimum atomic E-state index is -0.626. The second kappa shape index (κ2) is 14.5. The highest BCUT2D eigenvalue weighted by atomic mass is 79.9. The summed E-state index contributed by atoms with van der Waals surface area (Å²) in [5.74, 6) is 0.675. The van der Waals surface area contributed by atoms with E-state index in [1.54, 1.807) is 4.90 Å². The Balaban J connectivity index is 1.85. The van der Waals surface area contributed by atoms with Crippen LogP contribution in [-0.2, 0) is 28.3 Å². The van der Waals surface area contributed by atoms with Crippen molar-refractivity contribution < 1.29 is 9.59 Å². The summed E-state index contributed by atoms with van der Waals surface area (Å²) < 4.78 is 0.967. The van der Waals surface area contributed by atoms with Crippen LogP contribution in [0, 0.1) is 0 Å². The van der Waals surface area contributed by atoms with Crippen molar-refractivity contribution >= 4 is 51.1 Å². The van der Waals surface area contributed by atoms with Gasteiger partial charge in [0.25, 0.3) is 0 Å². The van der Waals surface area contributed by atoms with Crippen molar-refractivity contribution in [2.45, 2.75) is 51.1 Å². The van der Waals surface area contributed by atoms with Crippen molar-refractivity contribution in [3.8, 4) is 0 Å². The van der Waals surface area contributed by atoms with E-state index in [2.05, 4.69) is 21.2 Å². The minimum Gasteiger partial charge on any atom is -0.352 e. The van der Waals surface area contributed by atoms with Gasteiger partial charge in [-0.3, -0.25) is 9.59 Å². The molecule has 0 unspecified atom stereocenters. The molecule has 1 N–H and O–H groups in total. The van der Waals surface area contributed by atoms with Crippen LogP contribution in [0.3, 0.4) is 0 Å². The van der Waals surface area contributed by atoms with Crippen molar-refractivity contribution in [3.05, 3.63) is 105 Å². The highest BCUT2D eigenvalue weighted by Crippen LogP contribution is 2.23. The molecule has 0 saturated heterocycles. The lowest BCUT2D eigenvalue weighted by Gasteiger charge is -2.32. The zero-order valence-corrected chi connectivity index (χ0v) is 23.8. The first kappa shape index (κ1) is 28.3. The molecule has 0 aliphatic heterocycles. The van der Waals surface area contributed by atoms with Gasteiger partial charge in [0.2, 0.25) is 11.8 Å². The molecule has 0 heterocycles. The summed E-state index contributed by atoms with van der Waals surface area (Å²) >= 11 is 11.3. The lowest BCUT2D eigenvalue weighted by Crippen LogP contribution is -2.52. The molecular formula is C29H32BrClN2O2S. The molecule has 36 heavy (non-hydrogen) atoms. The number of thioether (sulfide) groups is 1. The summed E-state index contributed by atoms with van der Waals surface area (Å²) in [6, 6.07) is 24.8. The van der Waals surface area contributed by atoms with Gasteiger partial charge in [-0.15, -0.1) is 11.8 Å². The van der Waals surface area contributed by atoms with Crippen LogP contribution >= 0.6 is 39.3 Å². The Kier molecular flexibility index (Phi) is 11.4. The second-order valence-electron chi connectivity index (χ2n) is 8.76. The Hall–Kier alpha value is -2.28. The Bertz CT molecular complexity index is 1130. The van der Waals surface area contributed by atoms with Gasteiger partial charge in [0.05, 0.1) is 5.75 Å². The molecule has 0 aromatic heterocycles. The summed E-state index contributed by atoms with van der Waals surface area (Å²) in [4.78, 5) is 28.9. The fraction of sp³-hybridized carbons (Fsp3) is 0.310. The summed E-state index contributed by atoms with van der Waals surface area (Å²) in [5, 5.41) is 3.80. The molecule has 0 spiro atoms. The number of carbonyl (C=O) groups is 2. The molecule has 3 rings (SSSR count). The van der Waals surface area contributed by atoms with Gasteiger partial charge < -0.3 is 10.2 Å². The molecule has 0 radical (unpaired) electrons. The van der Waals surface area contributed by atoms with Gasteiger partial charge in [-0.2, -0.15) is 0 Å². The van der Waals surface area contributed by atoms with Crippen molar-refractivity contribution in [2.75, 3.05) is 5.75 Å². The third-order valence-electron chi connectivity index (χ3n) is 5.98. The zero-order valence-electron chi connectivity index (χ0n) is 20.6. The first-order chi connectivity index (χ1) is 17.4. The minimum absolute atomic E-state index is 0.0232. The van der Waals surface area contributed by atoms with Crippen molar-refractivity contribution in [3.63, 3.8) is 0 Å². The smallest absolute Gasteiger partial charge is 0.243 e. The predicted molar refractivity (Wildman–Crippen MR) is 154 cm³/mol. The maximum atomic E-state index is 13.7. The number of carbonyl (C=O) groups excluding carboxylic acids is 2. The molecule has 0 fully saturated rings. The molecule has 190 valence electrons. The predicted octanol–water partition coefficient (Wildman–Crippen LogP) is 6.89. The summed E-state index contributed by atoms with van der Waals surface area (Å²) in [6.07, 6.45) is 1.26. The maximum absolute atomic E-state index is 13.7. The van der Waals surface area contributed by atoms with Crippen LogP contribution in [0.2, 0.25) is 5.02 Å². The van der Waals surface area contributed by atoms with Crippen LogP contribution in [-0.4, -0.2) is 34.6 Å². The van der Waals surface area contributed by atoms with E-state index in [0.29, 0.717) is 23.7 Å². The third-order valence-corrected chi connectivity index (χ3v) is 7.84. The summed E-state index contributed by atoms with van der Waals surface area (Å²) in [6.45, 7) is 4.37. The number of hydrogen-bond acceptors (Lipinski definition) is 3. The highest BCUT2D eigenvalue weighted by molar-refractivity contribution is 9.10. The molecule has 0 saturated carbocycles. The number of nitrogens with one attached hydrogen (secondary N) is 1. The highest BCUT2D eigenvalue weighted by Gasteiger charge is 2.30. The van der Waals surface area contributed by atoms with Crippen LogP contribution in [0.4, 0.5) is 0 Å². The topological polar surface area (TPSA) is 49.4 Å². The number of amides is 2. The van der Waals surface area contributed by atoms with Gasteiger partial charge >= 0.3 is 0 Å². The van der Waals surface area contributed by atoms with E-state index in [0.717, 1.165) is 27.6 Å². The van der Waals surface area contributed by atoms with Gasteiger partial charge in [-0.1, -0.05) is 95.1 Å². The summed E-state index contributed by atoms with van der Waals surface area (Å²) in [7, 11) is 0. The fourth-order valence-electron chi connectivity index (χ4n) is 3.73. The van der Waals surface area contributed by atoms with Gasteiger partial charge in [-0.25, -0.2) is 0 Å². The number of nitrogens with zero attached hydrogens (tertiary/aromatic N) is 1. The maximum Gasteiger partial charge on any atom is 0.243 e. The quantitative estimate of drug-likeness (QED) is 0.251. The number of rotatable bonds is 12. The monoisotopic (exact) mass is 586 g/mol. The van der Waals surface area contributed by atoms with E-state index in [1.807, 2.05) is 92.7 Å². The Morgan fingerprint density at radius 2 is 1.64 bits per heavy atom. The Morgan fingerprint density at radius 3 is 2.31 bits per heavy atom. The van der Waals surface area contributed by atoms with Crippen molar-refractivity contribution in [1.82, 2.24) is 10.2 Å². The molecule has 7 heteroatoms. The lowest BCUT2D eigenvalue weighted by atomic mass is 10.0. The lowest BCUT2D eigenvalue weighted by molar-refractivity contribution is -0.139. The SMILES string of the molecule is CC[C@H](C)NC(=O)[C@H](Cc1ccccc1)N(Cc1ccc(Br)cc1)C(=O)CSCc1ccccc1Cl. The normalized spacial score (nSPS) is 12.6. The van der Waals surface area contributed by atoms with E-state index >= 15 is 0 Å². The van der Waals surface area contributed by atoms with E-state index in [9.17, 15) is 9.59 Å². The number of hydrogen-bond donors (Lipinski definition) is 1. The average Bonchev–Trinajstić information content (AvgIpc) is 2.88. The molecule has 4 nitrogen and oxygen atoms in total. The van der Waals surface area contributed by atoms with Crippen LogP contribution in [0.5, 0.6) is 0 Å². The zero-order chi connectivity index (χ0) is 25.9. The molecule has 0 bridgehead atoms. The molecule has 2 atom stereocenters. The van der Waals surface area contributed by atoms with Crippen LogP contribution in [0.25, 0.3) is 0 Å². The number of halogens is 2. The van der Waals surface area contributed by atoms with Gasteiger partial charge in [0.1, 0.15) is 6.04 Å². The summed E-state index contributed by atoms with van der Waals surface area (Å²) in [5.41, 5.74) is 2.97. The largest absolute Gasteiger partial charge is 0.352 e. The molecule has 2 amide bonds. The third kappa shape index (κ3) is 8.68. The van der Waals surface area contributed by atoms with Crippen LogP contribution < -0.4 is 5.32 Å². The van der Waals surface area contributed by atoms with Crippen molar-refractivity contribution in [1.29, 1.82) is 0 Å².